The lowest BCUT2D eigenvalue weighted by Gasteiger charge is -2.22. The van der Waals surface area contributed by atoms with E-state index >= 15 is 0 Å². The molecule has 0 aliphatic carbocycles. The van der Waals surface area contributed by atoms with E-state index in [0.717, 1.165) is 0 Å². The summed E-state index contributed by atoms with van der Waals surface area (Å²) in [6.45, 7) is 0. The van der Waals surface area contributed by atoms with Crippen molar-refractivity contribution in [2.24, 2.45) is 0 Å². The fourth-order valence-corrected chi connectivity index (χ4v) is 1.67. The van der Waals surface area contributed by atoms with E-state index in [2.05, 4.69) is 10.6 Å². The molecule has 1 fully saturated rings. The van der Waals surface area contributed by atoms with E-state index < -0.39 is 11.9 Å². The molecule has 1 aromatic rings. The predicted molar refractivity (Wildman–Crippen MR) is 60.6 cm³/mol. The standard InChI is InChI=1S/C11H12FN3O2/c12-7-2-1-6(5-8(7)13)14-9-3-4-10(16)15-11(9)17/h1-2,5,9,14H,3-4,13H2,(H,15,16,17). The summed E-state index contributed by atoms with van der Waals surface area (Å²) >= 11 is 0. The second-order valence-corrected chi connectivity index (χ2v) is 3.88. The van der Waals surface area contributed by atoms with E-state index in [9.17, 15) is 14.0 Å². The Kier molecular flexibility index (Phi) is 2.95. The Labute approximate surface area is 97.2 Å². The highest BCUT2D eigenvalue weighted by atomic mass is 19.1. The van der Waals surface area contributed by atoms with Gasteiger partial charge in [0.05, 0.1) is 5.69 Å². The van der Waals surface area contributed by atoms with Crippen molar-refractivity contribution in [1.82, 2.24) is 5.32 Å². The fraction of sp³-hybridized carbons (Fsp3) is 0.273. The molecular formula is C11H12FN3O2. The molecular weight excluding hydrogens is 225 g/mol. The molecule has 1 unspecified atom stereocenters. The fourth-order valence-electron chi connectivity index (χ4n) is 1.67. The molecule has 2 rings (SSSR count). The first-order valence-corrected chi connectivity index (χ1v) is 5.21. The molecule has 1 aliphatic rings. The first kappa shape index (κ1) is 11.4. The number of hydrogen-bond donors (Lipinski definition) is 3. The third-order valence-electron chi connectivity index (χ3n) is 2.58. The molecule has 1 aliphatic heterocycles. The van der Waals surface area contributed by atoms with Gasteiger partial charge in [0.15, 0.2) is 0 Å². The second-order valence-electron chi connectivity index (χ2n) is 3.88. The Bertz CT molecular complexity index is 476. The van der Waals surface area contributed by atoms with Gasteiger partial charge in [0.25, 0.3) is 0 Å². The molecule has 0 saturated carbocycles. The summed E-state index contributed by atoms with van der Waals surface area (Å²) in [6.07, 6.45) is 0.710. The molecule has 0 radical (unpaired) electrons. The van der Waals surface area contributed by atoms with Crippen LogP contribution in [0.2, 0.25) is 0 Å². The van der Waals surface area contributed by atoms with Gasteiger partial charge in [-0.3, -0.25) is 14.9 Å². The van der Waals surface area contributed by atoms with Crippen molar-refractivity contribution in [1.29, 1.82) is 0 Å². The summed E-state index contributed by atoms with van der Waals surface area (Å²) in [4.78, 5) is 22.4. The summed E-state index contributed by atoms with van der Waals surface area (Å²) in [5.41, 5.74) is 5.98. The molecule has 1 aromatic carbocycles. The van der Waals surface area contributed by atoms with E-state index in [4.69, 9.17) is 5.73 Å². The van der Waals surface area contributed by atoms with E-state index in [1.54, 1.807) is 0 Å². The Morgan fingerprint density at radius 1 is 1.41 bits per heavy atom. The van der Waals surface area contributed by atoms with Crippen LogP contribution in [-0.2, 0) is 9.59 Å². The van der Waals surface area contributed by atoms with Crippen LogP contribution in [-0.4, -0.2) is 17.9 Å². The number of rotatable bonds is 2. The lowest BCUT2D eigenvalue weighted by Crippen LogP contribution is -2.47. The number of carbonyl (C=O) groups is 2. The average Bonchev–Trinajstić information content (AvgIpc) is 2.27. The van der Waals surface area contributed by atoms with E-state index in [1.165, 1.54) is 18.2 Å². The quantitative estimate of drug-likeness (QED) is 0.520. The highest BCUT2D eigenvalue weighted by Crippen LogP contribution is 2.19. The normalized spacial score (nSPS) is 19.9. The monoisotopic (exact) mass is 237 g/mol. The van der Waals surface area contributed by atoms with Crippen LogP contribution in [0.1, 0.15) is 12.8 Å². The van der Waals surface area contributed by atoms with Crippen LogP contribution >= 0.6 is 0 Å². The minimum absolute atomic E-state index is 0.0160. The van der Waals surface area contributed by atoms with Crippen molar-refractivity contribution in [2.75, 3.05) is 11.1 Å². The number of benzene rings is 1. The van der Waals surface area contributed by atoms with Gasteiger partial charge in [0.2, 0.25) is 11.8 Å². The SMILES string of the molecule is Nc1cc(NC2CCC(=O)NC2=O)ccc1F. The first-order chi connectivity index (χ1) is 8.06. The summed E-state index contributed by atoms with van der Waals surface area (Å²) in [6, 6.07) is 3.65. The molecule has 2 amide bonds. The van der Waals surface area contributed by atoms with Gasteiger partial charge in [0, 0.05) is 12.1 Å². The molecule has 90 valence electrons. The minimum Gasteiger partial charge on any atom is -0.396 e. The molecule has 0 aromatic heterocycles. The number of hydrogen-bond acceptors (Lipinski definition) is 4. The van der Waals surface area contributed by atoms with Crippen molar-refractivity contribution in [3.05, 3.63) is 24.0 Å². The van der Waals surface area contributed by atoms with E-state index in [-0.39, 0.29) is 17.5 Å². The van der Waals surface area contributed by atoms with Gasteiger partial charge in [0.1, 0.15) is 11.9 Å². The van der Waals surface area contributed by atoms with Crippen LogP contribution in [0.15, 0.2) is 18.2 Å². The van der Waals surface area contributed by atoms with Crippen molar-refractivity contribution >= 4 is 23.2 Å². The third kappa shape index (κ3) is 2.52. The molecule has 0 spiro atoms. The zero-order chi connectivity index (χ0) is 12.4. The maximum Gasteiger partial charge on any atom is 0.249 e. The molecule has 1 saturated heterocycles. The zero-order valence-electron chi connectivity index (χ0n) is 9.00. The number of piperidine rings is 1. The van der Waals surface area contributed by atoms with E-state index in [1.807, 2.05) is 0 Å². The lowest BCUT2D eigenvalue weighted by molar-refractivity contribution is -0.133. The van der Waals surface area contributed by atoms with Crippen LogP contribution in [0, 0.1) is 5.82 Å². The predicted octanol–water partition coefficient (Wildman–Crippen LogP) is 0.625. The topological polar surface area (TPSA) is 84.2 Å². The van der Waals surface area contributed by atoms with E-state index in [0.29, 0.717) is 18.5 Å². The van der Waals surface area contributed by atoms with Crippen LogP contribution in [0.5, 0.6) is 0 Å². The van der Waals surface area contributed by atoms with Gasteiger partial charge >= 0.3 is 0 Å². The Hall–Kier alpha value is -2.11. The van der Waals surface area contributed by atoms with Gasteiger partial charge in [-0.25, -0.2) is 4.39 Å². The van der Waals surface area contributed by atoms with Crippen molar-refractivity contribution in [3.63, 3.8) is 0 Å². The van der Waals surface area contributed by atoms with Gasteiger partial charge < -0.3 is 11.1 Å². The van der Waals surface area contributed by atoms with Gasteiger partial charge in [-0.15, -0.1) is 0 Å². The van der Waals surface area contributed by atoms with Crippen LogP contribution in [0.4, 0.5) is 15.8 Å². The average molecular weight is 237 g/mol. The van der Waals surface area contributed by atoms with Gasteiger partial charge in [-0.1, -0.05) is 0 Å². The molecule has 5 nitrogen and oxygen atoms in total. The lowest BCUT2D eigenvalue weighted by atomic mass is 10.1. The first-order valence-electron chi connectivity index (χ1n) is 5.21. The maximum absolute atomic E-state index is 12.9. The molecule has 4 N–H and O–H groups in total. The Balaban J connectivity index is 2.08. The number of amides is 2. The summed E-state index contributed by atoms with van der Waals surface area (Å²) in [7, 11) is 0. The van der Waals surface area contributed by atoms with Crippen LogP contribution < -0.4 is 16.4 Å². The Morgan fingerprint density at radius 2 is 2.18 bits per heavy atom. The largest absolute Gasteiger partial charge is 0.396 e. The highest BCUT2D eigenvalue weighted by molar-refractivity contribution is 6.01. The van der Waals surface area contributed by atoms with Crippen molar-refractivity contribution in [2.45, 2.75) is 18.9 Å². The zero-order valence-corrected chi connectivity index (χ0v) is 9.00. The number of nitrogens with two attached hydrogens (primary N) is 1. The summed E-state index contributed by atoms with van der Waals surface area (Å²) in [5.74, 6) is -1.14. The van der Waals surface area contributed by atoms with Gasteiger partial charge in [-0.2, -0.15) is 0 Å². The molecule has 1 atom stereocenters. The van der Waals surface area contributed by atoms with Crippen molar-refractivity contribution < 1.29 is 14.0 Å². The van der Waals surface area contributed by atoms with Crippen molar-refractivity contribution in [3.8, 4) is 0 Å². The number of carbonyl (C=O) groups excluding carboxylic acids is 2. The number of nitrogens with one attached hydrogen (secondary N) is 2. The molecule has 0 bridgehead atoms. The summed E-state index contributed by atoms with van der Waals surface area (Å²) < 4.78 is 12.9. The molecule has 17 heavy (non-hydrogen) atoms. The highest BCUT2D eigenvalue weighted by Gasteiger charge is 2.26. The number of imide groups is 1. The number of nitrogen functional groups attached to an aromatic ring is 1. The maximum atomic E-state index is 12.9. The van der Waals surface area contributed by atoms with Gasteiger partial charge in [-0.05, 0) is 24.6 Å². The number of anilines is 2. The smallest absolute Gasteiger partial charge is 0.249 e. The summed E-state index contributed by atoms with van der Waals surface area (Å²) in [5, 5.41) is 5.14. The Morgan fingerprint density at radius 3 is 2.82 bits per heavy atom. The third-order valence-corrected chi connectivity index (χ3v) is 2.58. The number of halogens is 1. The minimum atomic E-state index is -0.501. The molecule has 1 heterocycles. The van der Waals surface area contributed by atoms with Crippen LogP contribution in [0.25, 0.3) is 0 Å². The second kappa shape index (κ2) is 4.40. The van der Waals surface area contributed by atoms with Crippen LogP contribution in [0.3, 0.4) is 0 Å². The molecule has 6 heteroatoms.